The fourth-order valence-corrected chi connectivity index (χ4v) is 3.79. The summed E-state index contributed by atoms with van der Waals surface area (Å²) >= 11 is 5.97. The number of halogens is 1. The Hall–Kier alpha value is -2.56. The molecule has 0 saturated carbocycles. The van der Waals surface area contributed by atoms with Crippen molar-refractivity contribution in [3.05, 3.63) is 71.8 Å². The lowest BCUT2D eigenvalue weighted by Gasteiger charge is -2.33. The molecule has 0 bridgehead atoms. The standard InChI is InChI=1S/C22H22ClN3O/c23-18-8-10-19(11-9-18)26-14-12-25(13-15-26)16-22(27)24-21-7-3-5-17-4-1-2-6-20(17)21/h1-11H,12-16H2,(H,24,27)/p+1. The van der Waals surface area contributed by atoms with Crippen LogP contribution in [0.5, 0.6) is 0 Å². The lowest BCUT2D eigenvalue weighted by molar-refractivity contribution is -0.892. The summed E-state index contributed by atoms with van der Waals surface area (Å²) in [6.07, 6.45) is 0. The van der Waals surface area contributed by atoms with Crippen molar-refractivity contribution in [3.8, 4) is 0 Å². The van der Waals surface area contributed by atoms with Crippen molar-refractivity contribution in [3.63, 3.8) is 0 Å². The highest BCUT2D eigenvalue weighted by atomic mass is 35.5. The molecule has 0 unspecified atom stereocenters. The van der Waals surface area contributed by atoms with E-state index in [4.69, 9.17) is 11.6 Å². The van der Waals surface area contributed by atoms with Crippen molar-refractivity contribution in [1.29, 1.82) is 0 Å². The van der Waals surface area contributed by atoms with Gasteiger partial charge in [-0.1, -0.05) is 48.0 Å². The van der Waals surface area contributed by atoms with E-state index in [9.17, 15) is 4.79 Å². The quantitative estimate of drug-likeness (QED) is 0.730. The zero-order chi connectivity index (χ0) is 18.6. The number of benzene rings is 3. The van der Waals surface area contributed by atoms with E-state index in [0.29, 0.717) is 6.54 Å². The van der Waals surface area contributed by atoms with Gasteiger partial charge in [0.25, 0.3) is 5.91 Å². The molecule has 1 aliphatic rings. The molecule has 3 aromatic carbocycles. The Balaban J connectivity index is 1.33. The Labute approximate surface area is 164 Å². The Morgan fingerprint density at radius 3 is 2.44 bits per heavy atom. The van der Waals surface area contributed by atoms with Crippen molar-refractivity contribution in [2.24, 2.45) is 0 Å². The summed E-state index contributed by atoms with van der Waals surface area (Å²) in [5, 5.41) is 6.07. The van der Waals surface area contributed by atoms with Crippen molar-refractivity contribution in [1.82, 2.24) is 0 Å². The summed E-state index contributed by atoms with van der Waals surface area (Å²) < 4.78 is 0. The number of hydrogen-bond donors (Lipinski definition) is 2. The highest BCUT2D eigenvalue weighted by molar-refractivity contribution is 6.30. The third-order valence-corrected chi connectivity index (χ3v) is 5.39. The monoisotopic (exact) mass is 380 g/mol. The van der Waals surface area contributed by atoms with Crippen LogP contribution in [0, 0.1) is 0 Å². The first-order valence-electron chi connectivity index (χ1n) is 9.31. The predicted octanol–water partition coefficient (Wildman–Crippen LogP) is 2.84. The topological polar surface area (TPSA) is 36.8 Å². The van der Waals surface area contributed by atoms with Gasteiger partial charge in [-0.2, -0.15) is 0 Å². The minimum absolute atomic E-state index is 0.0706. The van der Waals surface area contributed by atoms with Crippen LogP contribution in [0.15, 0.2) is 66.7 Å². The summed E-state index contributed by atoms with van der Waals surface area (Å²) in [6, 6.07) is 22.1. The summed E-state index contributed by atoms with van der Waals surface area (Å²) in [4.78, 5) is 16.2. The first-order valence-corrected chi connectivity index (χ1v) is 9.68. The molecule has 0 aromatic heterocycles. The molecule has 3 aromatic rings. The molecule has 0 atom stereocenters. The number of amides is 1. The van der Waals surface area contributed by atoms with Gasteiger partial charge in [-0.15, -0.1) is 0 Å². The summed E-state index contributed by atoms with van der Waals surface area (Å²) in [6.45, 7) is 4.28. The van der Waals surface area contributed by atoms with E-state index in [1.807, 2.05) is 42.5 Å². The number of carbonyl (C=O) groups excluding carboxylic acids is 1. The third kappa shape index (κ3) is 4.24. The molecule has 0 spiro atoms. The predicted molar refractivity (Wildman–Crippen MR) is 112 cm³/mol. The van der Waals surface area contributed by atoms with Gasteiger partial charge in [-0.05, 0) is 35.7 Å². The van der Waals surface area contributed by atoms with E-state index >= 15 is 0 Å². The maximum absolute atomic E-state index is 12.6. The number of carbonyl (C=O) groups is 1. The van der Waals surface area contributed by atoms with Crippen LogP contribution < -0.4 is 15.1 Å². The number of nitrogens with zero attached hydrogens (tertiary/aromatic N) is 1. The number of hydrogen-bond acceptors (Lipinski definition) is 2. The molecule has 1 heterocycles. The van der Waals surface area contributed by atoms with Crippen molar-refractivity contribution in [2.45, 2.75) is 0 Å². The van der Waals surface area contributed by atoms with Gasteiger partial charge in [0.15, 0.2) is 6.54 Å². The smallest absolute Gasteiger partial charge is 0.279 e. The number of piperazine rings is 1. The van der Waals surface area contributed by atoms with E-state index in [1.54, 1.807) is 0 Å². The van der Waals surface area contributed by atoms with Gasteiger partial charge in [0.2, 0.25) is 0 Å². The molecule has 5 heteroatoms. The SMILES string of the molecule is O=C(C[NH+]1CCN(c2ccc(Cl)cc2)CC1)Nc1cccc2ccccc12. The molecule has 4 nitrogen and oxygen atoms in total. The Morgan fingerprint density at radius 1 is 0.963 bits per heavy atom. The molecule has 1 aliphatic heterocycles. The molecular formula is C22H23ClN3O+. The maximum atomic E-state index is 12.6. The first-order chi connectivity index (χ1) is 13.2. The van der Waals surface area contributed by atoms with Crippen molar-refractivity contribution >= 4 is 39.7 Å². The molecule has 138 valence electrons. The minimum Gasteiger partial charge on any atom is -0.360 e. The lowest BCUT2D eigenvalue weighted by Crippen LogP contribution is -3.15. The third-order valence-electron chi connectivity index (χ3n) is 5.14. The minimum atomic E-state index is 0.0706. The zero-order valence-corrected chi connectivity index (χ0v) is 15.9. The van der Waals surface area contributed by atoms with Crippen LogP contribution in [0.3, 0.4) is 0 Å². The van der Waals surface area contributed by atoms with Crippen LogP contribution in [0.1, 0.15) is 0 Å². The summed E-state index contributed by atoms with van der Waals surface area (Å²) in [5.74, 6) is 0.0706. The Kier molecular flexibility index (Phi) is 5.28. The highest BCUT2D eigenvalue weighted by Gasteiger charge is 2.22. The fourth-order valence-electron chi connectivity index (χ4n) is 3.67. The maximum Gasteiger partial charge on any atom is 0.279 e. The van der Waals surface area contributed by atoms with Gasteiger partial charge in [0.1, 0.15) is 0 Å². The second kappa shape index (κ2) is 7.99. The summed E-state index contributed by atoms with van der Waals surface area (Å²) in [5.41, 5.74) is 2.08. The molecule has 1 saturated heterocycles. The van der Waals surface area contributed by atoms with Crippen LogP contribution in [0.2, 0.25) is 5.02 Å². The van der Waals surface area contributed by atoms with Crippen LogP contribution in [-0.4, -0.2) is 38.6 Å². The molecule has 1 fully saturated rings. The first kappa shape index (κ1) is 17.8. The van der Waals surface area contributed by atoms with Crippen LogP contribution in [0.4, 0.5) is 11.4 Å². The number of rotatable bonds is 4. The number of fused-ring (bicyclic) bond motifs is 1. The van der Waals surface area contributed by atoms with Crippen LogP contribution in [0.25, 0.3) is 10.8 Å². The van der Waals surface area contributed by atoms with Gasteiger partial charge >= 0.3 is 0 Å². The van der Waals surface area contributed by atoms with E-state index in [1.165, 1.54) is 10.6 Å². The van der Waals surface area contributed by atoms with E-state index < -0.39 is 0 Å². The second-order valence-electron chi connectivity index (χ2n) is 6.97. The normalized spacial score (nSPS) is 15.1. The lowest BCUT2D eigenvalue weighted by atomic mass is 10.1. The number of anilines is 2. The van der Waals surface area contributed by atoms with Gasteiger partial charge < -0.3 is 15.1 Å². The van der Waals surface area contributed by atoms with Crippen molar-refractivity contribution in [2.75, 3.05) is 42.9 Å². The molecule has 2 N–H and O–H groups in total. The summed E-state index contributed by atoms with van der Waals surface area (Å²) in [7, 11) is 0. The van der Waals surface area contributed by atoms with Crippen LogP contribution >= 0.6 is 11.6 Å². The van der Waals surface area contributed by atoms with Gasteiger partial charge in [0, 0.05) is 21.8 Å². The van der Waals surface area contributed by atoms with Gasteiger partial charge in [-0.3, -0.25) is 4.79 Å². The van der Waals surface area contributed by atoms with Gasteiger partial charge in [0.05, 0.1) is 26.2 Å². The second-order valence-corrected chi connectivity index (χ2v) is 7.40. The average Bonchev–Trinajstić information content (AvgIpc) is 2.69. The van der Waals surface area contributed by atoms with Gasteiger partial charge in [-0.25, -0.2) is 0 Å². The van der Waals surface area contributed by atoms with E-state index in [0.717, 1.165) is 47.7 Å². The molecule has 1 amide bonds. The molecule has 27 heavy (non-hydrogen) atoms. The van der Waals surface area contributed by atoms with Crippen molar-refractivity contribution < 1.29 is 9.69 Å². The average molecular weight is 381 g/mol. The molecule has 0 aliphatic carbocycles. The molecular weight excluding hydrogens is 358 g/mol. The van der Waals surface area contributed by atoms with E-state index in [-0.39, 0.29) is 5.91 Å². The number of nitrogens with one attached hydrogen (secondary N) is 2. The Morgan fingerprint density at radius 2 is 1.67 bits per heavy atom. The van der Waals surface area contributed by atoms with Crippen LogP contribution in [-0.2, 0) is 4.79 Å². The fraction of sp³-hybridized carbons (Fsp3) is 0.227. The molecule has 0 radical (unpaired) electrons. The highest BCUT2D eigenvalue weighted by Crippen LogP contribution is 2.22. The van der Waals surface area contributed by atoms with E-state index in [2.05, 4.69) is 34.5 Å². The largest absolute Gasteiger partial charge is 0.360 e. The number of quaternary nitrogens is 1. The zero-order valence-electron chi connectivity index (χ0n) is 15.1. The molecule has 4 rings (SSSR count). The Bertz CT molecular complexity index is 928.